The van der Waals surface area contributed by atoms with Crippen LogP contribution in [0.1, 0.15) is 90.4 Å². The number of hydrogen-bond donors (Lipinski definition) is 2. The highest BCUT2D eigenvalue weighted by molar-refractivity contribution is 9.12. The highest BCUT2D eigenvalue weighted by Crippen LogP contribution is 2.25. The molecule has 0 aliphatic rings. The molecule has 0 radical (unpaired) electrons. The van der Waals surface area contributed by atoms with Crippen molar-refractivity contribution >= 4 is 37.8 Å². The van der Waals surface area contributed by atoms with Crippen LogP contribution in [0.15, 0.2) is 0 Å². The van der Waals surface area contributed by atoms with E-state index in [0.717, 1.165) is 57.8 Å². The van der Waals surface area contributed by atoms with Gasteiger partial charge in [0.05, 0.1) is 6.10 Å². The van der Waals surface area contributed by atoms with E-state index in [9.17, 15) is 9.90 Å². The number of carboxylic acids is 1. The quantitative estimate of drug-likeness (QED) is 0.219. The molecule has 3 nitrogen and oxygen atoms in total. The van der Waals surface area contributed by atoms with E-state index in [4.69, 9.17) is 5.11 Å². The molecule has 0 rings (SSSR count). The Kier molecular flexibility index (Phi) is 16.2. The number of alkyl halides is 2. The Morgan fingerprint density at radius 2 is 1.43 bits per heavy atom. The Morgan fingerprint density at radius 3 is 2.09 bits per heavy atom. The molecule has 0 fully saturated rings. The van der Waals surface area contributed by atoms with Crippen molar-refractivity contribution in [2.75, 3.05) is 0 Å². The van der Waals surface area contributed by atoms with Gasteiger partial charge in [0.25, 0.3) is 0 Å². The zero-order chi connectivity index (χ0) is 17.5. The molecule has 0 heterocycles. The van der Waals surface area contributed by atoms with Gasteiger partial charge in [-0.2, -0.15) is 0 Å². The van der Waals surface area contributed by atoms with Gasteiger partial charge in [-0.15, -0.1) is 0 Å². The maximum Gasteiger partial charge on any atom is 0.303 e. The van der Waals surface area contributed by atoms with E-state index in [0.29, 0.717) is 16.1 Å². The summed E-state index contributed by atoms with van der Waals surface area (Å²) < 4.78 is 0. The zero-order valence-electron chi connectivity index (χ0n) is 14.5. The summed E-state index contributed by atoms with van der Waals surface area (Å²) in [6.07, 6.45) is 13.0. The second-order valence-corrected chi connectivity index (χ2v) is 8.82. The average molecular weight is 458 g/mol. The molecule has 0 saturated heterocycles. The maximum absolute atomic E-state index is 10.4. The van der Waals surface area contributed by atoms with E-state index in [1.807, 2.05) is 0 Å². The number of rotatable bonds is 16. The van der Waals surface area contributed by atoms with Gasteiger partial charge in [-0.25, -0.2) is 0 Å². The first-order valence-electron chi connectivity index (χ1n) is 9.15. The molecule has 23 heavy (non-hydrogen) atoms. The summed E-state index contributed by atoms with van der Waals surface area (Å²) in [7, 11) is 0. The van der Waals surface area contributed by atoms with Crippen LogP contribution >= 0.6 is 31.9 Å². The minimum Gasteiger partial charge on any atom is -0.481 e. The standard InChI is InChI=1S/C18H34Br2O3/c1-2-3-4-8-11-15(21)14-17(20)16(19)12-9-6-5-7-10-13-18(22)23/h15-17,21H,2-14H2,1H3,(H,22,23). The van der Waals surface area contributed by atoms with Gasteiger partial charge in [0.15, 0.2) is 0 Å². The van der Waals surface area contributed by atoms with Crippen molar-refractivity contribution < 1.29 is 15.0 Å². The number of aliphatic hydroxyl groups is 1. The van der Waals surface area contributed by atoms with Gasteiger partial charge >= 0.3 is 5.97 Å². The van der Waals surface area contributed by atoms with Crippen LogP contribution in [-0.4, -0.2) is 31.9 Å². The Labute approximate surface area is 158 Å². The van der Waals surface area contributed by atoms with Gasteiger partial charge < -0.3 is 10.2 Å². The van der Waals surface area contributed by atoms with Gasteiger partial charge in [0.1, 0.15) is 0 Å². The number of carbonyl (C=O) groups is 1. The average Bonchev–Trinajstić information content (AvgIpc) is 2.50. The zero-order valence-corrected chi connectivity index (χ0v) is 17.7. The Balaban J connectivity index is 3.57. The van der Waals surface area contributed by atoms with Gasteiger partial charge in [0, 0.05) is 16.1 Å². The predicted molar refractivity (Wildman–Crippen MR) is 105 cm³/mol. The molecular weight excluding hydrogens is 424 g/mol. The van der Waals surface area contributed by atoms with Gasteiger partial charge in [-0.3, -0.25) is 4.79 Å². The van der Waals surface area contributed by atoms with E-state index >= 15 is 0 Å². The van der Waals surface area contributed by atoms with Crippen molar-refractivity contribution in [2.45, 2.75) is 106 Å². The maximum atomic E-state index is 10.4. The first kappa shape index (κ1) is 23.4. The summed E-state index contributed by atoms with van der Waals surface area (Å²) in [6, 6.07) is 0. The molecule has 138 valence electrons. The van der Waals surface area contributed by atoms with Crippen molar-refractivity contribution in [1.29, 1.82) is 0 Å². The Bertz CT molecular complexity index is 287. The molecule has 3 unspecified atom stereocenters. The molecule has 2 N–H and O–H groups in total. The molecule has 0 aromatic carbocycles. The van der Waals surface area contributed by atoms with Crippen LogP contribution in [0.5, 0.6) is 0 Å². The third-order valence-corrected chi connectivity index (χ3v) is 6.97. The SMILES string of the molecule is CCCCCCC(O)CC(Br)C(Br)CCCCCCCC(=O)O. The predicted octanol–water partition coefficient (Wildman–Crippen LogP) is 6.05. The van der Waals surface area contributed by atoms with Gasteiger partial charge in [-0.05, 0) is 25.7 Å². The first-order valence-corrected chi connectivity index (χ1v) is 11.0. The van der Waals surface area contributed by atoms with E-state index < -0.39 is 5.97 Å². The summed E-state index contributed by atoms with van der Waals surface area (Å²) in [4.78, 5) is 11.1. The topological polar surface area (TPSA) is 57.5 Å². The molecule has 0 amide bonds. The lowest BCUT2D eigenvalue weighted by atomic mass is 10.0. The van der Waals surface area contributed by atoms with Crippen molar-refractivity contribution in [3.63, 3.8) is 0 Å². The molecule has 0 aromatic heterocycles. The van der Waals surface area contributed by atoms with Gasteiger partial charge in [0.2, 0.25) is 0 Å². The minimum absolute atomic E-state index is 0.202. The number of halogens is 2. The Morgan fingerprint density at radius 1 is 0.870 bits per heavy atom. The normalized spacial score (nSPS) is 15.3. The number of unbranched alkanes of at least 4 members (excludes halogenated alkanes) is 7. The van der Waals surface area contributed by atoms with Crippen molar-refractivity contribution in [3.8, 4) is 0 Å². The van der Waals surface area contributed by atoms with Crippen molar-refractivity contribution in [1.82, 2.24) is 0 Å². The van der Waals surface area contributed by atoms with E-state index in [1.54, 1.807) is 0 Å². The number of aliphatic carboxylic acids is 1. The van der Waals surface area contributed by atoms with Crippen LogP contribution in [0.2, 0.25) is 0 Å². The van der Waals surface area contributed by atoms with Crippen LogP contribution in [0.25, 0.3) is 0 Å². The summed E-state index contributed by atoms with van der Waals surface area (Å²) >= 11 is 7.44. The molecule has 3 atom stereocenters. The van der Waals surface area contributed by atoms with Crippen LogP contribution in [-0.2, 0) is 4.79 Å². The highest BCUT2D eigenvalue weighted by Gasteiger charge is 2.19. The molecule has 0 aliphatic carbocycles. The third-order valence-electron chi connectivity index (χ3n) is 4.15. The molecule has 0 aliphatic heterocycles. The molecule has 0 spiro atoms. The summed E-state index contributed by atoms with van der Waals surface area (Å²) in [5.41, 5.74) is 0. The third kappa shape index (κ3) is 15.6. The lowest BCUT2D eigenvalue weighted by Crippen LogP contribution is -2.21. The fraction of sp³-hybridized carbons (Fsp3) is 0.944. The molecule has 5 heteroatoms. The van der Waals surface area contributed by atoms with Crippen LogP contribution < -0.4 is 0 Å². The minimum atomic E-state index is -0.694. The van der Waals surface area contributed by atoms with E-state index in [1.165, 1.54) is 19.3 Å². The highest BCUT2D eigenvalue weighted by atomic mass is 79.9. The number of carboxylic acid groups (broad SMARTS) is 1. The monoisotopic (exact) mass is 456 g/mol. The van der Waals surface area contributed by atoms with Crippen LogP contribution in [0.4, 0.5) is 0 Å². The Hall–Kier alpha value is 0.390. The number of hydrogen-bond acceptors (Lipinski definition) is 2. The van der Waals surface area contributed by atoms with E-state index in [2.05, 4.69) is 38.8 Å². The van der Waals surface area contributed by atoms with Crippen molar-refractivity contribution in [3.05, 3.63) is 0 Å². The van der Waals surface area contributed by atoms with Crippen LogP contribution in [0.3, 0.4) is 0 Å². The lowest BCUT2D eigenvalue weighted by Gasteiger charge is -2.20. The lowest BCUT2D eigenvalue weighted by molar-refractivity contribution is -0.137. The summed E-state index contributed by atoms with van der Waals surface area (Å²) in [5.74, 6) is -0.694. The van der Waals surface area contributed by atoms with Crippen molar-refractivity contribution in [2.24, 2.45) is 0 Å². The number of aliphatic hydroxyl groups excluding tert-OH is 1. The smallest absolute Gasteiger partial charge is 0.303 e. The molecule has 0 aromatic rings. The fourth-order valence-corrected chi connectivity index (χ4v) is 3.89. The largest absolute Gasteiger partial charge is 0.481 e. The summed E-state index contributed by atoms with van der Waals surface area (Å²) in [6.45, 7) is 2.20. The molecular formula is C18H34Br2O3. The summed E-state index contributed by atoms with van der Waals surface area (Å²) in [5, 5.41) is 18.7. The van der Waals surface area contributed by atoms with Gasteiger partial charge in [-0.1, -0.05) is 90.2 Å². The second-order valence-electron chi connectivity index (χ2n) is 6.47. The van der Waals surface area contributed by atoms with E-state index in [-0.39, 0.29) is 6.10 Å². The first-order chi connectivity index (χ1) is 11.0. The fourth-order valence-electron chi connectivity index (χ4n) is 2.66. The second kappa shape index (κ2) is 15.9. The molecule has 0 bridgehead atoms. The molecule has 0 saturated carbocycles. The van der Waals surface area contributed by atoms with Crippen LogP contribution in [0, 0.1) is 0 Å².